The molecule has 1 saturated heterocycles. The van der Waals surface area contributed by atoms with Gasteiger partial charge in [-0.3, -0.25) is 4.79 Å². The number of piperazine rings is 1. The Morgan fingerprint density at radius 2 is 1.63 bits per heavy atom. The van der Waals surface area contributed by atoms with Gasteiger partial charge in [0.25, 0.3) is 0 Å². The van der Waals surface area contributed by atoms with Crippen molar-refractivity contribution in [2.24, 2.45) is 5.92 Å². The number of amides is 1. The Bertz CT molecular complexity index is 802. The second-order valence-electron chi connectivity index (χ2n) is 6.93. The molecule has 2 heterocycles. The average Bonchev–Trinajstić information content (AvgIpc) is 3.49. The average molecular weight is 376 g/mol. The summed E-state index contributed by atoms with van der Waals surface area (Å²) in [6.07, 6.45) is -0.247. The molecule has 0 radical (unpaired) electrons. The highest BCUT2D eigenvalue weighted by atomic mass is 19.4. The molecule has 1 saturated carbocycles. The van der Waals surface area contributed by atoms with E-state index in [-0.39, 0.29) is 17.7 Å². The fraction of sp³-hybridized carbons (Fsp3) is 0.421. The zero-order valence-corrected chi connectivity index (χ0v) is 14.6. The first kappa shape index (κ1) is 17.8. The smallest absolute Gasteiger partial charge is 0.339 e. The van der Waals surface area contributed by atoms with Crippen LogP contribution in [0.4, 0.5) is 19.1 Å². The van der Waals surface area contributed by atoms with Crippen molar-refractivity contribution in [3.63, 3.8) is 0 Å². The molecule has 2 unspecified atom stereocenters. The predicted octanol–water partition coefficient (Wildman–Crippen LogP) is 2.95. The molecule has 5 nitrogen and oxygen atoms in total. The van der Waals surface area contributed by atoms with Gasteiger partial charge in [0.2, 0.25) is 11.9 Å². The minimum absolute atomic E-state index is 0.0234. The number of halogens is 3. The van der Waals surface area contributed by atoms with Crippen molar-refractivity contribution in [2.75, 3.05) is 31.1 Å². The summed E-state index contributed by atoms with van der Waals surface area (Å²) in [5.74, 6) is 0.656. The summed E-state index contributed by atoms with van der Waals surface area (Å²) >= 11 is 0. The van der Waals surface area contributed by atoms with Crippen LogP contribution in [-0.2, 0) is 11.0 Å². The van der Waals surface area contributed by atoms with Crippen molar-refractivity contribution < 1.29 is 18.0 Å². The molecule has 1 amide bonds. The number of alkyl halides is 3. The summed E-state index contributed by atoms with van der Waals surface area (Å²) in [7, 11) is 0. The summed E-state index contributed by atoms with van der Waals surface area (Å²) in [5.41, 5.74) is 0.145. The van der Waals surface area contributed by atoms with Crippen LogP contribution >= 0.6 is 0 Å². The number of aromatic nitrogens is 2. The zero-order valence-electron chi connectivity index (χ0n) is 14.6. The number of rotatable bonds is 3. The Kier molecular flexibility index (Phi) is 4.49. The number of nitrogens with zero attached hydrogens (tertiary/aromatic N) is 4. The Morgan fingerprint density at radius 1 is 1.00 bits per heavy atom. The van der Waals surface area contributed by atoms with E-state index < -0.39 is 11.7 Å². The van der Waals surface area contributed by atoms with E-state index in [0.717, 1.165) is 17.7 Å². The first-order valence-electron chi connectivity index (χ1n) is 8.91. The van der Waals surface area contributed by atoms with Crippen LogP contribution in [0.3, 0.4) is 0 Å². The standard InChI is InChI=1S/C19H19F3N4O/c20-19(21,22)14-4-2-13(3-5-14)15-12-16(15)17(27)25-8-10-26(11-9-25)18-23-6-1-7-24-18/h1-7,15-16H,8-12H2. The maximum Gasteiger partial charge on any atom is 0.416 e. The maximum atomic E-state index is 12.7. The first-order chi connectivity index (χ1) is 12.9. The molecule has 142 valence electrons. The lowest BCUT2D eigenvalue weighted by Crippen LogP contribution is -2.49. The third kappa shape index (κ3) is 3.74. The predicted molar refractivity (Wildman–Crippen MR) is 93.1 cm³/mol. The molecule has 2 atom stereocenters. The van der Waals surface area contributed by atoms with Gasteiger partial charge in [-0.05, 0) is 36.1 Å². The Hall–Kier alpha value is -2.64. The van der Waals surface area contributed by atoms with Crippen molar-refractivity contribution in [3.8, 4) is 0 Å². The van der Waals surface area contributed by atoms with E-state index >= 15 is 0 Å². The van der Waals surface area contributed by atoms with E-state index in [9.17, 15) is 18.0 Å². The lowest BCUT2D eigenvalue weighted by atomic mass is 10.1. The van der Waals surface area contributed by atoms with Gasteiger partial charge in [0.15, 0.2) is 0 Å². The number of carbonyl (C=O) groups excluding carboxylic acids is 1. The maximum absolute atomic E-state index is 12.7. The molecular weight excluding hydrogens is 357 g/mol. The van der Waals surface area contributed by atoms with Gasteiger partial charge >= 0.3 is 6.18 Å². The van der Waals surface area contributed by atoms with Crippen LogP contribution in [-0.4, -0.2) is 47.0 Å². The van der Waals surface area contributed by atoms with Crippen molar-refractivity contribution in [2.45, 2.75) is 18.5 Å². The van der Waals surface area contributed by atoms with Crippen LogP contribution in [0.5, 0.6) is 0 Å². The van der Waals surface area contributed by atoms with Crippen molar-refractivity contribution in [1.29, 1.82) is 0 Å². The summed E-state index contributed by atoms with van der Waals surface area (Å²) in [6.45, 7) is 2.56. The van der Waals surface area contributed by atoms with Gasteiger partial charge in [0.1, 0.15) is 0 Å². The van der Waals surface area contributed by atoms with E-state index in [1.54, 1.807) is 18.5 Å². The second-order valence-corrected chi connectivity index (χ2v) is 6.93. The van der Waals surface area contributed by atoms with E-state index in [0.29, 0.717) is 38.5 Å². The molecule has 2 fully saturated rings. The van der Waals surface area contributed by atoms with Crippen LogP contribution in [0, 0.1) is 5.92 Å². The van der Waals surface area contributed by atoms with Crippen molar-refractivity contribution in [1.82, 2.24) is 14.9 Å². The third-order valence-electron chi connectivity index (χ3n) is 5.20. The van der Waals surface area contributed by atoms with E-state index in [1.807, 2.05) is 9.80 Å². The van der Waals surface area contributed by atoms with Gasteiger partial charge in [-0.2, -0.15) is 13.2 Å². The topological polar surface area (TPSA) is 49.3 Å². The van der Waals surface area contributed by atoms with Crippen LogP contribution in [0.2, 0.25) is 0 Å². The van der Waals surface area contributed by atoms with Crippen molar-refractivity contribution >= 4 is 11.9 Å². The number of hydrogen-bond acceptors (Lipinski definition) is 4. The van der Waals surface area contributed by atoms with Crippen molar-refractivity contribution in [3.05, 3.63) is 53.9 Å². The second kappa shape index (κ2) is 6.83. The molecular formula is C19H19F3N4O. The zero-order chi connectivity index (χ0) is 19.0. The molecule has 1 aromatic heterocycles. The van der Waals surface area contributed by atoms with Crippen LogP contribution in [0.15, 0.2) is 42.7 Å². The number of anilines is 1. The summed E-state index contributed by atoms with van der Waals surface area (Å²) < 4.78 is 38.0. The molecule has 1 aromatic carbocycles. The van der Waals surface area contributed by atoms with Crippen LogP contribution in [0.25, 0.3) is 0 Å². The fourth-order valence-electron chi connectivity index (χ4n) is 3.57. The monoisotopic (exact) mass is 376 g/mol. The van der Waals surface area contributed by atoms with Gasteiger partial charge in [-0.15, -0.1) is 0 Å². The third-order valence-corrected chi connectivity index (χ3v) is 5.20. The Balaban J connectivity index is 1.33. The van der Waals surface area contributed by atoms with Gasteiger partial charge in [-0.1, -0.05) is 12.1 Å². The van der Waals surface area contributed by atoms with Crippen LogP contribution in [0.1, 0.15) is 23.5 Å². The first-order valence-corrected chi connectivity index (χ1v) is 8.91. The van der Waals surface area contributed by atoms with Gasteiger partial charge in [-0.25, -0.2) is 9.97 Å². The molecule has 0 spiro atoms. The fourth-order valence-corrected chi connectivity index (χ4v) is 3.57. The molecule has 1 aliphatic heterocycles. The summed E-state index contributed by atoms with van der Waals surface area (Å²) in [6, 6.07) is 6.93. The molecule has 8 heteroatoms. The summed E-state index contributed by atoms with van der Waals surface area (Å²) in [4.78, 5) is 25.1. The normalized spacial score (nSPS) is 22.6. The molecule has 0 N–H and O–H groups in total. The lowest BCUT2D eigenvalue weighted by Gasteiger charge is -2.34. The van der Waals surface area contributed by atoms with Crippen LogP contribution < -0.4 is 4.90 Å². The van der Waals surface area contributed by atoms with Gasteiger partial charge < -0.3 is 9.80 Å². The largest absolute Gasteiger partial charge is 0.416 e. The van der Waals surface area contributed by atoms with Gasteiger partial charge in [0, 0.05) is 44.5 Å². The highest BCUT2D eigenvalue weighted by Gasteiger charge is 2.46. The Morgan fingerprint density at radius 3 is 2.22 bits per heavy atom. The number of benzene rings is 1. The molecule has 2 aromatic rings. The van der Waals surface area contributed by atoms with E-state index in [1.165, 1.54) is 12.1 Å². The number of carbonyl (C=O) groups is 1. The molecule has 2 aliphatic rings. The SMILES string of the molecule is O=C(C1CC1c1ccc(C(F)(F)F)cc1)N1CCN(c2ncccn2)CC1. The highest BCUT2D eigenvalue weighted by Crippen LogP contribution is 2.49. The molecule has 4 rings (SSSR count). The minimum atomic E-state index is -4.33. The summed E-state index contributed by atoms with van der Waals surface area (Å²) in [5, 5.41) is 0. The van der Waals surface area contributed by atoms with Gasteiger partial charge in [0.05, 0.1) is 5.56 Å². The molecule has 1 aliphatic carbocycles. The number of hydrogen-bond donors (Lipinski definition) is 0. The molecule has 0 bridgehead atoms. The quantitative estimate of drug-likeness (QED) is 0.827. The Labute approximate surface area is 154 Å². The highest BCUT2D eigenvalue weighted by molar-refractivity contribution is 5.83. The molecule has 27 heavy (non-hydrogen) atoms. The minimum Gasteiger partial charge on any atom is -0.339 e. The van der Waals surface area contributed by atoms with E-state index in [4.69, 9.17) is 0 Å². The van der Waals surface area contributed by atoms with E-state index in [2.05, 4.69) is 9.97 Å². The lowest BCUT2D eigenvalue weighted by molar-refractivity contribution is -0.137.